The lowest BCUT2D eigenvalue weighted by atomic mass is 10.00. The molecule has 0 saturated carbocycles. The molecule has 0 radical (unpaired) electrons. The highest BCUT2D eigenvalue weighted by molar-refractivity contribution is 7.99. The first-order valence-corrected chi connectivity index (χ1v) is 9.98. The van der Waals surface area contributed by atoms with Crippen molar-refractivity contribution in [3.63, 3.8) is 0 Å². The van der Waals surface area contributed by atoms with E-state index in [9.17, 15) is 4.39 Å². The van der Waals surface area contributed by atoms with E-state index in [-0.39, 0.29) is 10.6 Å². The minimum atomic E-state index is -0.192. The summed E-state index contributed by atoms with van der Waals surface area (Å²) in [7, 11) is 0. The van der Waals surface area contributed by atoms with Gasteiger partial charge in [-0.05, 0) is 49.1 Å². The van der Waals surface area contributed by atoms with Crippen LogP contribution in [0.3, 0.4) is 0 Å². The fourth-order valence-electron chi connectivity index (χ4n) is 2.89. The van der Waals surface area contributed by atoms with E-state index < -0.39 is 0 Å². The van der Waals surface area contributed by atoms with E-state index in [1.807, 2.05) is 54.6 Å². The normalized spacial score (nSPS) is 13.5. The van der Waals surface area contributed by atoms with Crippen molar-refractivity contribution >= 4 is 23.4 Å². The summed E-state index contributed by atoms with van der Waals surface area (Å²) in [6.45, 7) is 3.14. The molecule has 26 heavy (non-hydrogen) atoms. The van der Waals surface area contributed by atoms with Gasteiger partial charge in [0.15, 0.2) is 0 Å². The zero-order valence-electron chi connectivity index (χ0n) is 14.7. The van der Waals surface area contributed by atoms with Gasteiger partial charge in [0.25, 0.3) is 0 Å². The second-order valence-electron chi connectivity index (χ2n) is 6.69. The maximum atomic E-state index is 13.1. The SMILES string of the molecule is CC(CCc1ccc(F)cc1)(Cn1ccnc1)SCc1ccccc1Cl. The first-order chi connectivity index (χ1) is 12.5. The monoisotopic (exact) mass is 388 g/mol. The van der Waals surface area contributed by atoms with Crippen molar-refractivity contribution in [3.05, 3.63) is 89.2 Å². The number of aromatic nitrogens is 2. The van der Waals surface area contributed by atoms with Gasteiger partial charge in [-0.3, -0.25) is 0 Å². The fourth-order valence-corrected chi connectivity index (χ4v) is 4.41. The second-order valence-corrected chi connectivity index (χ2v) is 8.66. The van der Waals surface area contributed by atoms with Crippen molar-refractivity contribution in [3.8, 4) is 0 Å². The number of benzene rings is 2. The molecule has 1 heterocycles. The summed E-state index contributed by atoms with van der Waals surface area (Å²) in [4.78, 5) is 4.16. The number of rotatable bonds is 8. The van der Waals surface area contributed by atoms with Gasteiger partial charge in [-0.15, -0.1) is 11.8 Å². The van der Waals surface area contributed by atoms with Gasteiger partial charge < -0.3 is 4.57 Å². The largest absolute Gasteiger partial charge is 0.336 e. The van der Waals surface area contributed by atoms with Crippen molar-refractivity contribution in [2.24, 2.45) is 0 Å². The highest BCUT2D eigenvalue weighted by atomic mass is 35.5. The second kappa shape index (κ2) is 8.74. The molecule has 0 fully saturated rings. The summed E-state index contributed by atoms with van der Waals surface area (Å²) in [6, 6.07) is 14.8. The predicted octanol–water partition coefficient (Wildman–Crippen LogP) is 6.00. The third-order valence-electron chi connectivity index (χ3n) is 4.47. The quantitative estimate of drug-likeness (QED) is 0.471. The van der Waals surface area contributed by atoms with E-state index >= 15 is 0 Å². The van der Waals surface area contributed by atoms with Gasteiger partial charge in [-0.2, -0.15) is 0 Å². The molecular weight excluding hydrogens is 367 g/mol. The summed E-state index contributed by atoms with van der Waals surface area (Å²) in [6.07, 6.45) is 7.53. The van der Waals surface area contributed by atoms with Gasteiger partial charge in [0.1, 0.15) is 5.82 Å². The van der Waals surface area contributed by atoms with Crippen LogP contribution in [-0.2, 0) is 18.7 Å². The summed E-state index contributed by atoms with van der Waals surface area (Å²) in [5.74, 6) is 0.664. The minimum absolute atomic E-state index is 0.00819. The molecule has 0 saturated heterocycles. The summed E-state index contributed by atoms with van der Waals surface area (Å²) in [5, 5.41) is 0.809. The number of thioether (sulfide) groups is 1. The Kier molecular flexibility index (Phi) is 6.38. The van der Waals surface area contributed by atoms with E-state index in [1.54, 1.807) is 6.20 Å². The van der Waals surface area contributed by atoms with Gasteiger partial charge in [-0.1, -0.05) is 41.9 Å². The molecule has 0 bridgehead atoms. The van der Waals surface area contributed by atoms with E-state index in [1.165, 1.54) is 12.1 Å². The average Bonchev–Trinajstić information content (AvgIpc) is 3.13. The van der Waals surface area contributed by atoms with E-state index in [0.717, 1.165) is 41.3 Å². The third-order valence-corrected chi connectivity index (χ3v) is 6.32. The van der Waals surface area contributed by atoms with Crippen LogP contribution in [0.25, 0.3) is 0 Å². The van der Waals surface area contributed by atoms with Crippen molar-refractivity contribution < 1.29 is 4.39 Å². The highest BCUT2D eigenvalue weighted by Crippen LogP contribution is 2.36. The predicted molar refractivity (Wildman–Crippen MR) is 108 cm³/mol. The van der Waals surface area contributed by atoms with Crippen molar-refractivity contribution in [2.75, 3.05) is 0 Å². The lowest BCUT2D eigenvalue weighted by Crippen LogP contribution is -2.27. The van der Waals surface area contributed by atoms with Crippen LogP contribution < -0.4 is 0 Å². The van der Waals surface area contributed by atoms with E-state index in [0.29, 0.717) is 0 Å². The molecule has 0 aliphatic carbocycles. The molecule has 0 aliphatic rings. The van der Waals surface area contributed by atoms with Crippen LogP contribution in [0.4, 0.5) is 4.39 Å². The van der Waals surface area contributed by atoms with Crippen LogP contribution in [0, 0.1) is 5.82 Å². The molecule has 1 unspecified atom stereocenters. The van der Waals surface area contributed by atoms with Crippen molar-refractivity contribution in [1.82, 2.24) is 9.55 Å². The fraction of sp³-hybridized carbons (Fsp3) is 0.286. The van der Waals surface area contributed by atoms with Crippen LogP contribution in [0.2, 0.25) is 5.02 Å². The smallest absolute Gasteiger partial charge is 0.123 e. The Morgan fingerprint density at radius 1 is 1.15 bits per heavy atom. The third kappa shape index (κ3) is 5.36. The summed E-state index contributed by atoms with van der Waals surface area (Å²) < 4.78 is 15.3. The Morgan fingerprint density at radius 2 is 1.92 bits per heavy atom. The van der Waals surface area contributed by atoms with Crippen LogP contribution >= 0.6 is 23.4 Å². The first-order valence-electron chi connectivity index (χ1n) is 8.62. The molecule has 0 N–H and O–H groups in total. The molecule has 1 aromatic heterocycles. The Bertz CT molecular complexity index is 820. The van der Waals surface area contributed by atoms with Gasteiger partial charge in [-0.25, -0.2) is 9.37 Å². The lowest BCUT2D eigenvalue weighted by molar-refractivity contribution is 0.495. The van der Waals surface area contributed by atoms with Crippen LogP contribution in [0.15, 0.2) is 67.3 Å². The van der Waals surface area contributed by atoms with Crippen molar-refractivity contribution in [2.45, 2.75) is 36.8 Å². The van der Waals surface area contributed by atoms with E-state index in [2.05, 4.69) is 22.5 Å². The van der Waals surface area contributed by atoms with Gasteiger partial charge in [0.05, 0.1) is 6.33 Å². The highest BCUT2D eigenvalue weighted by Gasteiger charge is 2.26. The topological polar surface area (TPSA) is 17.8 Å². The van der Waals surface area contributed by atoms with Crippen LogP contribution in [-0.4, -0.2) is 14.3 Å². The van der Waals surface area contributed by atoms with Crippen LogP contribution in [0.5, 0.6) is 0 Å². The number of hydrogen-bond donors (Lipinski definition) is 0. The zero-order valence-corrected chi connectivity index (χ0v) is 16.3. The Hall–Kier alpha value is -1.78. The van der Waals surface area contributed by atoms with Gasteiger partial charge >= 0.3 is 0 Å². The van der Waals surface area contributed by atoms with Crippen LogP contribution in [0.1, 0.15) is 24.5 Å². The molecule has 3 aromatic rings. The maximum Gasteiger partial charge on any atom is 0.123 e. The van der Waals surface area contributed by atoms with Gasteiger partial charge in [0.2, 0.25) is 0 Å². The lowest BCUT2D eigenvalue weighted by Gasteiger charge is -2.30. The minimum Gasteiger partial charge on any atom is -0.336 e. The molecule has 0 amide bonds. The van der Waals surface area contributed by atoms with E-state index in [4.69, 9.17) is 11.6 Å². The van der Waals surface area contributed by atoms with Crippen molar-refractivity contribution in [1.29, 1.82) is 0 Å². The number of imidazole rings is 1. The molecule has 2 nitrogen and oxygen atoms in total. The number of halogens is 2. The number of hydrogen-bond acceptors (Lipinski definition) is 2. The maximum absolute atomic E-state index is 13.1. The average molecular weight is 389 g/mol. The van der Waals surface area contributed by atoms with Gasteiger partial charge in [0, 0.05) is 34.5 Å². The molecule has 0 aliphatic heterocycles. The summed E-state index contributed by atoms with van der Waals surface area (Å²) in [5.41, 5.74) is 2.31. The molecule has 2 aromatic carbocycles. The summed E-state index contributed by atoms with van der Waals surface area (Å²) >= 11 is 8.22. The Morgan fingerprint density at radius 3 is 2.62 bits per heavy atom. The molecule has 0 spiro atoms. The first kappa shape index (κ1) is 19.0. The zero-order chi connectivity index (χ0) is 18.4. The molecule has 3 rings (SSSR count). The number of nitrogens with zero attached hydrogens (tertiary/aromatic N) is 2. The molecule has 1 atom stereocenters. The molecular formula is C21H22ClFN2S. The Labute approximate surface area is 163 Å². The standard InChI is InChI=1S/C21H22ClFN2S/c1-21(15-25-13-12-24-16-25,11-10-17-6-8-19(23)9-7-17)26-14-18-4-2-3-5-20(18)22/h2-9,12-13,16H,10-11,14-15H2,1H3. The Balaban J connectivity index is 1.70. The molecule has 5 heteroatoms. The molecule has 136 valence electrons. The number of aryl methyl sites for hydroxylation is 1.